The number of hydrogen-bond acceptors (Lipinski definition) is 6. The lowest BCUT2D eigenvalue weighted by atomic mass is 10.2. The number of thiazole rings is 1. The highest BCUT2D eigenvalue weighted by molar-refractivity contribution is 7.13. The molecule has 0 aromatic carbocycles. The molecule has 0 aliphatic carbocycles. The van der Waals surface area contributed by atoms with Gasteiger partial charge in [-0.15, -0.1) is 11.3 Å². The minimum Gasteiger partial charge on any atom is -0.459 e. The monoisotopic (exact) mass is 344 g/mol. The van der Waals surface area contributed by atoms with Gasteiger partial charge in [0.05, 0.1) is 24.9 Å². The van der Waals surface area contributed by atoms with E-state index in [9.17, 15) is 0 Å². The molecule has 126 valence electrons. The Morgan fingerprint density at radius 2 is 2.33 bits per heavy atom. The largest absolute Gasteiger partial charge is 0.459 e. The van der Waals surface area contributed by atoms with E-state index in [1.807, 2.05) is 36.0 Å². The van der Waals surface area contributed by atoms with Crippen molar-refractivity contribution in [1.82, 2.24) is 19.7 Å². The van der Waals surface area contributed by atoms with Crippen molar-refractivity contribution < 1.29 is 9.15 Å². The van der Waals surface area contributed by atoms with E-state index >= 15 is 0 Å². The van der Waals surface area contributed by atoms with Crippen LogP contribution in [0.15, 0.2) is 40.4 Å². The van der Waals surface area contributed by atoms with Crippen molar-refractivity contribution in [1.29, 1.82) is 0 Å². The molecule has 1 saturated heterocycles. The highest BCUT2D eigenvalue weighted by Crippen LogP contribution is 2.26. The molecule has 3 aromatic rings. The van der Waals surface area contributed by atoms with E-state index in [2.05, 4.69) is 15.4 Å². The third-order valence-corrected chi connectivity index (χ3v) is 4.97. The van der Waals surface area contributed by atoms with Gasteiger partial charge in [0.2, 0.25) is 0 Å². The van der Waals surface area contributed by atoms with Crippen molar-refractivity contribution in [2.75, 3.05) is 19.7 Å². The maximum Gasteiger partial charge on any atom is 0.162 e. The first kappa shape index (κ1) is 15.6. The summed E-state index contributed by atoms with van der Waals surface area (Å²) in [6.07, 6.45) is 3.94. The van der Waals surface area contributed by atoms with Crippen LogP contribution in [0.1, 0.15) is 11.5 Å². The van der Waals surface area contributed by atoms with Crippen molar-refractivity contribution in [2.24, 2.45) is 0 Å². The van der Waals surface area contributed by atoms with Gasteiger partial charge in [-0.1, -0.05) is 0 Å². The maximum absolute atomic E-state index is 5.86. The Morgan fingerprint density at radius 3 is 3.12 bits per heavy atom. The Morgan fingerprint density at radius 1 is 1.38 bits per heavy atom. The molecule has 4 rings (SSSR count). The van der Waals surface area contributed by atoms with Crippen LogP contribution < -0.4 is 0 Å². The Hall–Kier alpha value is -1.96. The minimum atomic E-state index is 0.171. The SMILES string of the molecule is Cc1ccc(-c2nc(CN3CCO[C@@H](Cn4cccn4)C3)cs2)o1. The van der Waals surface area contributed by atoms with Gasteiger partial charge in [-0.05, 0) is 25.1 Å². The van der Waals surface area contributed by atoms with Gasteiger partial charge in [-0.3, -0.25) is 9.58 Å². The van der Waals surface area contributed by atoms with Gasteiger partial charge in [0.15, 0.2) is 10.8 Å². The molecule has 1 aliphatic rings. The number of furan rings is 1. The molecule has 0 unspecified atom stereocenters. The number of aromatic nitrogens is 3. The second-order valence-electron chi connectivity index (χ2n) is 6.01. The molecule has 0 saturated carbocycles. The van der Waals surface area contributed by atoms with E-state index in [-0.39, 0.29) is 6.10 Å². The summed E-state index contributed by atoms with van der Waals surface area (Å²) >= 11 is 1.63. The predicted molar refractivity (Wildman–Crippen MR) is 91.8 cm³/mol. The van der Waals surface area contributed by atoms with Crippen molar-refractivity contribution in [3.8, 4) is 10.8 Å². The Balaban J connectivity index is 1.37. The van der Waals surface area contributed by atoms with E-state index in [1.54, 1.807) is 17.5 Å². The fourth-order valence-electron chi connectivity index (χ4n) is 2.92. The molecule has 6 nitrogen and oxygen atoms in total. The average Bonchev–Trinajstić information content (AvgIpc) is 3.30. The van der Waals surface area contributed by atoms with Crippen molar-refractivity contribution in [3.05, 3.63) is 47.4 Å². The van der Waals surface area contributed by atoms with Crippen LogP contribution in [0, 0.1) is 6.92 Å². The van der Waals surface area contributed by atoms with Gasteiger partial charge in [0, 0.05) is 37.4 Å². The van der Waals surface area contributed by atoms with Crippen LogP contribution in [0.25, 0.3) is 10.8 Å². The first-order chi connectivity index (χ1) is 11.8. The van der Waals surface area contributed by atoms with Crippen LogP contribution in [0.2, 0.25) is 0 Å². The van der Waals surface area contributed by atoms with Crippen LogP contribution >= 0.6 is 11.3 Å². The van der Waals surface area contributed by atoms with Crippen LogP contribution in [0.4, 0.5) is 0 Å². The molecule has 0 spiro atoms. The molecular weight excluding hydrogens is 324 g/mol. The van der Waals surface area contributed by atoms with E-state index in [0.29, 0.717) is 0 Å². The summed E-state index contributed by atoms with van der Waals surface area (Å²) in [4.78, 5) is 7.11. The highest BCUT2D eigenvalue weighted by atomic mass is 32.1. The summed E-state index contributed by atoms with van der Waals surface area (Å²) in [6.45, 7) is 6.16. The second kappa shape index (κ2) is 6.88. The summed E-state index contributed by atoms with van der Waals surface area (Å²) in [5, 5.41) is 7.32. The molecule has 7 heteroatoms. The lowest BCUT2D eigenvalue weighted by molar-refractivity contribution is -0.0405. The van der Waals surface area contributed by atoms with Crippen molar-refractivity contribution >= 4 is 11.3 Å². The fourth-order valence-corrected chi connectivity index (χ4v) is 3.69. The quantitative estimate of drug-likeness (QED) is 0.712. The number of ether oxygens (including phenoxy) is 1. The summed E-state index contributed by atoms with van der Waals surface area (Å²) in [5.41, 5.74) is 1.09. The fraction of sp³-hybridized carbons (Fsp3) is 0.412. The predicted octanol–water partition coefficient (Wildman–Crippen LogP) is 2.81. The zero-order valence-electron chi connectivity index (χ0n) is 13.6. The summed E-state index contributed by atoms with van der Waals surface area (Å²) < 4.78 is 13.4. The third-order valence-electron chi connectivity index (χ3n) is 4.06. The molecule has 4 heterocycles. The number of hydrogen-bond donors (Lipinski definition) is 0. The number of nitrogens with zero attached hydrogens (tertiary/aromatic N) is 4. The van der Waals surface area contributed by atoms with Gasteiger partial charge >= 0.3 is 0 Å². The smallest absolute Gasteiger partial charge is 0.162 e. The molecule has 0 radical (unpaired) electrons. The molecular formula is C17H20N4O2S. The topological polar surface area (TPSA) is 56.3 Å². The molecule has 3 aromatic heterocycles. The van der Waals surface area contributed by atoms with Crippen LogP contribution in [-0.4, -0.2) is 45.5 Å². The third kappa shape index (κ3) is 3.58. The molecule has 24 heavy (non-hydrogen) atoms. The van der Waals surface area contributed by atoms with E-state index in [4.69, 9.17) is 14.1 Å². The van der Waals surface area contributed by atoms with E-state index < -0.39 is 0 Å². The maximum atomic E-state index is 5.86. The molecule has 1 fully saturated rings. The van der Waals surface area contributed by atoms with Gasteiger partial charge in [-0.2, -0.15) is 5.10 Å². The van der Waals surface area contributed by atoms with Gasteiger partial charge < -0.3 is 9.15 Å². The molecule has 0 bridgehead atoms. The van der Waals surface area contributed by atoms with Crippen LogP contribution in [0.5, 0.6) is 0 Å². The van der Waals surface area contributed by atoms with Crippen molar-refractivity contribution in [3.63, 3.8) is 0 Å². The normalized spacial score (nSPS) is 19.0. The lowest BCUT2D eigenvalue weighted by Crippen LogP contribution is -2.43. The van der Waals surface area contributed by atoms with Gasteiger partial charge in [0.25, 0.3) is 0 Å². The van der Waals surface area contributed by atoms with E-state index in [0.717, 1.165) is 55.0 Å². The molecule has 1 atom stereocenters. The highest BCUT2D eigenvalue weighted by Gasteiger charge is 2.22. The lowest BCUT2D eigenvalue weighted by Gasteiger charge is -2.32. The summed E-state index contributed by atoms with van der Waals surface area (Å²) in [7, 11) is 0. The van der Waals surface area contributed by atoms with E-state index in [1.165, 1.54) is 0 Å². The first-order valence-electron chi connectivity index (χ1n) is 8.09. The standard InChI is InChI=1S/C17H20N4O2S/c1-13-3-4-16(23-13)17-19-14(12-24-17)9-20-7-8-22-15(10-20)11-21-6-2-5-18-21/h2-6,12,15H,7-11H2,1H3/t15-/m1/s1. The minimum absolute atomic E-state index is 0.171. The van der Waals surface area contributed by atoms with Gasteiger partial charge in [-0.25, -0.2) is 4.98 Å². The van der Waals surface area contributed by atoms with Gasteiger partial charge in [0.1, 0.15) is 5.76 Å². The summed E-state index contributed by atoms with van der Waals surface area (Å²) in [6, 6.07) is 5.89. The number of aryl methyl sites for hydroxylation is 1. The second-order valence-corrected chi connectivity index (χ2v) is 6.87. The van der Waals surface area contributed by atoms with Crippen molar-refractivity contribution in [2.45, 2.75) is 26.1 Å². The Bertz CT molecular complexity index is 780. The number of morpholine rings is 1. The zero-order valence-corrected chi connectivity index (χ0v) is 14.4. The van der Waals surface area contributed by atoms with Crippen LogP contribution in [0.3, 0.4) is 0 Å². The molecule has 1 aliphatic heterocycles. The van der Waals surface area contributed by atoms with Crippen LogP contribution in [-0.2, 0) is 17.8 Å². The zero-order chi connectivity index (χ0) is 16.4. The number of rotatable bonds is 5. The Labute approximate surface area is 144 Å². The molecule has 0 N–H and O–H groups in total. The Kier molecular flexibility index (Phi) is 4.46. The summed E-state index contributed by atoms with van der Waals surface area (Å²) in [5.74, 6) is 1.76. The first-order valence-corrected chi connectivity index (χ1v) is 8.97. The average molecular weight is 344 g/mol. The molecule has 0 amide bonds.